The molecule has 1 atom stereocenters. The molecule has 1 aromatic carbocycles. The van der Waals surface area contributed by atoms with Gasteiger partial charge >= 0.3 is 5.97 Å². The van der Waals surface area contributed by atoms with Crippen molar-refractivity contribution in [1.29, 1.82) is 0 Å². The highest BCUT2D eigenvalue weighted by atomic mass is 79.9. The maximum atomic E-state index is 12.1. The Hall–Kier alpha value is -2.08. The van der Waals surface area contributed by atoms with Crippen LogP contribution in [0.25, 0.3) is 0 Å². The number of amides is 1. The van der Waals surface area contributed by atoms with Crippen LogP contribution in [0.5, 0.6) is 0 Å². The molecule has 0 aliphatic rings. The Bertz CT molecular complexity index is 610. The number of carbonyl (C=O) groups excluding carboxylic acids is 1. The van der Waals surface area contributed by atoms with Crippen LogP contribution in [-0.2, 0) is 4.79 Å². The zero-order valence-corrected chi connectivity index (χ0v) is 12.1. The maximum Gasteiger partial charge on any atom is 0.305 e. The van der Waals surface area contributed by atoms with Crippen LogP contribution in [0.3, 0.4) is 0 Å². The normalized spacial score (nSPS) is 11.8. The molecule has 1 amide bonds. The van der Waals surface area contributed by atoms with E-state index in [2.05, 4.69) is 26.2 Å². The summed E-state index contributed by atoms with van der Waals surface area (Å²) in [7, 11) is 0. The molecule has 5 nitrogen and oxygen atoms in total. The first-order valence-corrected chi connectivity index (χ1v) is 6.77. The van der Waals surface area contributed by atoms with Crippen molar-refractivity contribution in [3.8, 4) is 0 Å². The third-order valence-corrected chi connectivity index (χ3v) is 3.24. The number of aromatic nitrogens is 1. The first kappa shape index (κ1) is 14.3. The minimum Gasteiger partial charge on any atom is -0.481 e. The second-order valence-electron chi connectivity index (χ2n) is 4.27. The Morgan fingerprint density at radius 2 is 2.00 bits per heavy atom. The topological polar surface area (TPSA) is 82.2 Å². The van der Waals surface area contributed by atoms with Gasteiger partial charge in [0.25, 0.3) is 5.91 Å². The number of carboxylic acids is 1. The van der Waals surface area contributed by atoms with Gasteiger partial charge in [-0.1, -0.05) is 30.3 Å². The van der Waals surface area contributed by atoms with E-state index < -0.39 is 12.0 Å². The molecule has 2 rings (SSSR count). The Kier molecular flexibility index (Phi) is 4.57. The van der Waals surface area contributed by atoms with Crippen LogP contribution in [0, 0.1) is 0 Å². The van der Waals surface area contributed by atoms with Crippen LogP contribution in [0.1, 0.15) is 28.5 Å². The molecule has 0 saturated heterocycles. The lowest BCUT2D eigenvalue weighted by Crippen LogP contribution is -2.30. The second-order valence-corrected chi connectivity index (χ2v) is 5.18. The molecular weight excluding hydrogens is 324 g/mol. The number of hydrogen-bond acceptors (Lipinski definition) is 2. The third-order valence-electron chi connectivity index (χ3n) is 2.78. The summed E-state index contributed by atoms with van der Waals surface area (Å²) in [4.78, 5) is 25.8. The van der Waals surface area contributed by atoms with E-state index in [4.69, 9.17) is 5.11 Å². The van der Waals surface area contributed by atoms with Gasteiger partial charge in [-0.2, -0.15) is 0 Å². The van der Waals surface area contributed by atoms with Gasteiger partial charge in [-0.25, -0.2) is 0 Å². The highest BCUT2D eigenvalue weighted by molar-refractivity contribution is 9.10. The molecule has 1 heterocycles. The summed E-state index contributed by atoms with van der Waals surface area (Å²) in [6, 6.07) is 10.1. The maximum absolute atomic E-state index is 12.1. The fourth-order valence-electron chi connectivity index (χ4n) is 1.85. The molecule has 0 spiro atoms. The number of aromatic amines is 1. The lowest BCUT2D eigenvalue weighted by Gasteiger charge is -2.16. The predicted molar refractivity (Wildman–Crippen MR) is 77.4 cm³/mol. The van der Waals surface area contributed by atoms with Gasteiger partial charge in [-0.15, -0.1) is 0 Å². The summed E-state index contributed by atoms with van der Waals surface area (Å²) in [5, 5.41) is 11.7. The van der Waals surface area contributed by atoms with E-state index in [-0.39, 0.29) is 12.3 Å². The van der Waals surface area contributed by atoms with Gasteiger partial charge in [0.2, 0.25) is 0 Å². The number of carboxylic acid groups (broad SMARTS) is 1. The zero-order valence-electron chi connectivity index (χ0n) is 10.5. The van der Waals surface area contributed by atoms with Gasteiger partial charge in [0.15, 0.2) is 0 Å². The Labute approximate surface area is 124 Å². The Balaban J connectivity index is 2.16. The number of aliphatic carboxylic acids is 1. The lowest BCUT2D eigenvalue weighted by atomic mass is 10.0. The van der Waals surface area contributed by atoms with Gasteiger partial charge < -0.3 is 15.4 Å². The second kappa shape index (κ2) is 6.38. The average Bonchev–Trinajstić information content (AvgIpc) is 2.85. The molecule has 20 heavy (non-hydrogen) atoms. The molecular formula is C14H13BrN2O3. The number of hydrogen-bond donors (Lipinski definition) is 3. The molecule has 1 aromatic heterocycles. The van der Waals surface area contributed by atoms with E-state index >= 15 is 0 Å². The monoisotopic (exact) mass is 336 g/mol. The zero-order chi connectivity index (χ0) is 14.5. The van der Waals surface area contributed by atoms with E-state index in [1.54, 1.807) is 24.4 Å². The first-order valence-electron chi connectivity index (χ1n) is 5.98. The average molecular weight is 337 g/mol. The van der Waals surface area contributed by atoms with Crippen molar-refractivity contribution in [3.63, 3.8) is 0 Å². The fraction of sp³-hybridized carbons (Fsp3) is 0.143. The predicted octanol–water partition coefficient (Wildman–Crippen LogP) is 2.72. The highest BCUT2D eigenvalue weighted by Gasteiger charge is 2.19. The van der Waals surface area contributed by atoms with Crippen molar-refractivity contribution < 1.29 is 14.7 Å². The summed E-state index contributed by atoms with van der Waals surface area (Å²) in [6.45, 7) is 0. The SMILES string of the molecule is O=C(O)C[C@H](NC(=O)c1cc(Br)c[nH]1)c1ccccc1. The quantitative estimate of drug-likeness (QED) is 0.785. The molecule has 104 valence electrons. The smallest absolute Gasteiger partial charge is 0.305 e. The summed E-state index contributed by atoms with van der Waals surface area (Å²) in [6.07, 6.45) is 1.47. The van der Waals surface area contributed by atoms with Gasteiger partial charge in [0.1, 0.15) is 5.69 Å². The number of carbonyl (C=O) groups is 2. The molecule has 0 bridgehead atoms. The molecule has 0 radical (unpaired) electrons. The summed E-state index contributed by atoms with van der Waals surface area (Å²) >= 11 is 3.25. The largest absolute Gasteiger partial charge is 0.481 e. The van der Waals surface area contributed by atoms with Crippen LogP contribution in [0.15, 0.2) is 47.1 Å². The van der Waals surface area contributed by atoms with Crippen molar-refractivity contribution >= 4 is 27.8 Å². The van der Waals surface area contributed by atoms with E-state index in [9.17, 15) is 9.59 Å². The summed E-state index contributed by atoms with van der Waals surface area (Å²) in [5.41, 5.74) is 1.14. The first-order chi connectivity index (χ1) is 9.56. The van der Waals surface area contributed by atoms with E-state index in [0.717, 1.165) is 10.0 Å². The number of H-pyrrole nitrogens is 1. The van der Waals surface area contributed by atoms with E-state index in [0.29, 0.717) is 5.69 Å². The van der Waals surface area contributed by atoms with Crippen molar-refractivity contribution in [1.82, 2.24) is 10.3 Å². The Morgan fingerprint density at radius 3 is 2.55 bits per heavy atom. The standard InChI is InChI=1S/C14H13BrN2O3/c15-10-6-12(16-8-10)14(20)17-11(7-13(18)19)9-4-2-1-3-5-9/h1-6,8,11,16H,7H2,(H,17,20)(H,18,19)/t11-/m0/s1. The van der Waals surface area contributed by atoms with Crippen LogP contribution >= 0.6 is 15.9 Å². The molecule has 3 N–H and O–H groups in total. The van der Waals surface area contributed by atoms with Crippen LogP contribution < -0.4 is 5.32 Å². The van der Waals surface area contributed by atoms with Crippen molar-refractivity contribution in [2.75, 3.05) is 0 Å². The van der Waals surface area contributed by atoms with Gasteiger partial charge in [-0.3, -0.25) is 9.59 Å². The molecule has 0 fully saturated rings. The lowest BCUT2D eigenvalue weighted by molar-refractivity contribution is -0.137. The van der Waals surface area contributed by atoms with Crippen LogP contribution in [-0.4, -0.2) is 22.0 Å². The van der Waals surface area contributed by atoms with E-state index in [1.807, 2.05) is 18.2 Å². The van der Waals surface area contributed by atoms with Crippen LogP contribution in [0.4, 0.5) is 0 Å². The Morgan fingerprint density at radius 1 is 1.30 bits per heavy atom. The third kappa shape index (κ3) is 3.71. The molecule has 0 aliphatic carbocycles. The molecule has 6 heteroatoms. The molecule has 0 saturated carbocycles. The number of benzene rings is 1. The van der Waals surface area contributed by atoms with Gasteiger partial charge in [-0.05, 0) is 27.6 Å². The summed E-state index contributed by atoms with van der Waals surface area (Å²) < 4.78 is 0.761. The highest BCUT2D eigenvalue weighted by Crippen LogP contribution is 2.18. The molecule has 2 aromatic rings. The van der Waals surface area contributed by atoms with Crippen LogP contribution in [0.2, 0.25) is 0 Å². The summed E-state index contributed by atoms with van der Waals surface area (Å²) in [5.74, 6) is -1.31. The molecule has 0 aliphatic heterocycles. The minimum absolute atomic E-state index is 0.169. The minimum atomic E-state index is -0.966. The number of halogens is 1. The van der Waals surface area contributed by atoms with Crippen molar-refractivity contribution in [3.05, 3.63) is 58.3 Å². The van der Waals surface area contributed by atoms with Crippen molar-refractivity contribution in [2.45, 2.75) is 12.5 Å². The number of rotatable bonds is 5. The van der Waals surface area contributed by atoms with Crippen molar-refractivity contribution in [2.24, 2.45) is 0 Å². The number of nitrogens with one attached hydrogen (secondary N) is 2. The van der Waals surface area contributed by atoms with Gasteiger partial charge in [0.05, 0.1) is 12.5 Å². The van der Waals surface area contributed by atoms with Gasteiger partial charge in [0, 0.05) is 10.7 Å². The molecule has 0 unspecified atom stereocenters. The fourth-order valence-corrected chi connectivity index (χ4v) is 2.19. The van der Waals surface area contributed by atoms with E-state index in [1.165, 1.54) is 0 Å².